The lowest BCUT2D eigenvalue weighted by molar-refractivity contribution is 0.354. The summed E-state index contributed by atoms with van der Waals surface area (Å²) in [5.74, 6) is 1.79. The third-order valence-electron chi connectivity index (χ3n) is 5.02. The van der Waals surface area contributed by atoms with E-state index in [2.05, 4.69) is 37.9 Å². The standard InChI is InChI=1S/C15H13BrO3S.C8H7BrO/c1-10-2-4-12(5-3-10)20(17,18)13-8-11-6-7-19-15(11)14(16)9-13;9-7-3-1-2-6-4-5-10-8(6)7/h2-5,8-9H,6-7H2,1H3;1-3H,4-5H2. The zero-order valence-corrected chi connectivity index (χ0v) is 20.3. The SMILES string of the molecule is Brc1cccc2c1OCC2.Cc1ccc(S(=O)(=O)c2cc(Br)c3c(c2)CCO3)cc1. The molecule has 0 unspecified atom stereocenters. The van der Waals surface area contributed by atoms with Gasteiger partial charge in [0.15, 0.2) is 0 Å². The predicted molar refractivity (Wildman–Crippen MR) is 123 cm³/mol. The summed E-state index contributed by atoms with van der Waals surface area (Å²) in [6.07, 6.45) is 1.79. The summed E-state index contributed by atoms with van der Waals surface area (Å²) in [5.41, 5.74) is 3.28. The molecule has 0 spiro atoms. The molecule has 2 aliphatic rings. The molecule has 30 heavy (non-hydrogen) atoms. The lowest BCUT2D eigenvalue weighted by Gasteiger charge is -2.08. The van der Waals surface area contributed by atoms with E-state index < -0.39 is 9.84 Å². The summed E-state index contributed by atoms with van der Waals surface area (Å²) in [6.45, 7) is 3.36. The van der Waals surface area contributed by atoms with Gasteiger partial charge in [-0.15, -0.1) is 0 Å². The fourth-order valence-corrected chi connectivity index (χ4v) is 6.04. The van der Waals surface area contributed by atoms with Crippen molar-refractivity contribution in [3.63, 3.8) is 0 Å². The average Bonchev–Trinajstić information content (AvgIpc) is 3.39. The van der Waals surface area contributed by atoms with Gasteiger partial charge < -0.3 is 9.47 Å². The fraction of sp³-hybridized carbons (Fsp3) is 0.217. The fourth-order valence-electron chi connectivity index (χ4n) is 3.42. The number of ether oxygens (including phenoxy) is 2. The van der Waals surface area contributed by atoms with Crippen molar-refractivity contribution in [2.75, 3.05) is 13.2 Å². The van der Waals surface area contributed by atoms with Crippen molar-refractivity contribution < 1.29 is 17.9 Å². The lowest BCUT2D eigenvalue weighted by Crippen LogP contribution is -2.02. The van der Waals surface area contributed by atoms with Crippen LogP contribution in [0.15, 0.2) is 73.3 Å². The van der Waals surface area contributed by atoms with Gasteiger partial charge in [0, 0.05) is 12.8 Å². The minimum absolute atomic E-state index is 0.303. The molecule has 4 nitrogen and oxygen atoms in total. The van der Waals surface area contributed by atoms with Crippen LogP contribution < -0.4 is 9.47 Å². The molecule has 3 aromatic rings. The highest BCUT2D eigenvalue weighted by Crippen LogP contribution is 2.37. The van der Waals surface area contributed by atoms with Gasteiger partial charge in [-0.05, 0) is 80.2 Å². The minimum Gasteiger partial charge on any atom is -0.492 e. The van der Waals surface area contributed by atoms with Crippen LogP contribution in [0.5, 0.6) is 11.5 Å². The zero-order valence-electron chi connectivity index (χ0n) is 16.3. The smallest absolute Gasteiger partial charge is 0.206 e. The van der Waals surface area contributed by atoms with E-state index in [0.717, 1.165) is 46.5 Å². The van der Waals surface area contributed by atoms with Crippen molar-refractivity contribution in [2.24, 2.45) is 0 Å². The maximum atomic E-state index is 12.6. The van der Waals surface area contributed by atoms with Gasteiger partial charge in [0.25, 0.3) is 0 Å². The van der Waals surface area contributed by atoms with Crippen LogP contribution in [-0.4, -0.2) is 21.6 Å². The summed E-state index contributed by atoms with van der Waals surface area (Å²) in [7, 11) is -3.49. The van der Waals surface area contributed by atoms with E-state index in [-0.39, 0.29) is 0 Å². The van der Waals surface area contributed by atoms with Gasteiger partial charge in [0.2, 0.25) is 9.84 Å². The molecular weight excluding hydrogens is 532 g/mol. The molecule has 0 aliphatic carbocycles. The van der Waals surface area contributed by atoms with E-state index in [1.807, 2.05) is 19.1 Å². The van der Waals surface area contributed by atoms with Gasteiger partial charge >= 0.3 is 0 Å². The van der Waals surface area contributed by atoms with Crippen LogP contribution in [0.1, 0.15) is 16.7 Å². The Morgan fingerprint density at radius 1 is 0.767 bits per heavy atom. The van der Waals surface area contributed by atoms with Crippen LogP contribution in [0, 0.1) is 6.92 Å². The summed E-state index contributed by atoms with van der Waals surface area (Å²) in [4.78, 5) is 0.617. The molecule has 0 saturated heterocycles. The Balaban J connectivity index is 0.000000181. The van der Waals surface area contributed by atoms with E-state index in [1.165, 1.54) is 5.56 Å². The second-order valence-electron chi connectivity index (χ2n) is 7.13. The Morgan fingerprint density at radius 3 is 2.07 bits per heavy atom. The number of hydrogen-bond acceptors (Lipinski definition) is 4. The number of para-hydroxylation sites is 1. The number of hydrogen-bond donors (Lipinski definition) is 0. The first kappa shape index (κ1) is 21.4. The largest absolute Gasteiger partial charge is 0.492 e. The second kappa shape index (κ2) is 8.73. The second-order valence-corrected chi connectivity index (χ2v) is 10.8. The van der Waals surface area contributed by atoms with E-state index in [4.69, 9.17) is 9.47 Å². The van der Waals surface area contributed by atoms with Crippen molar-refractivity contribution >= 4 is 41.7 Å². The number of sulfone groups is 1. The van der Waals surface area contributed by atoms with Crippen LogP contribution in [0.3, 0.4) is 0 Å². The normalized spacial score (nSPS) is 14.1. The Hall–Kier alpha value is -1.83. The molecule has 0 bridgehead atoms. The first-order valence-corrected chi connectivity index (χ1v) is 12.6. The third-order valence-corrected chi connectivity index (χ3v) is 7.98. The molecule has 0 N–H and O–H groups in total. The van der Waals surface area contributed by atoms with Gasteiger partial charge in [0.05, 0.1) is 32.0 Å². The van der Waals surface area contributed by atoms with Gasteiger partial charge in [-0.2, -0.15) is 0 Å². The van der Waals surface area contributed by atoms with Crippen molar-refractivity contribution in [3.05, 3.63) is 80.2 Å². The first-order valence-electron chi connectivity index (χ1n) is 9.53. The Labute approximate surface area is 193 Å². The molecule has 0 saturated carbocycles. The molecule has 7 heteroatoms. The van der Waals surface area contributed by atoms with Gasteiger partial charge in [-0.1, -0.05) is 29.8 Å². The summed E-state index contributed by atoms with van der Waals surface area (Å²) in [5, 5.41) is 0. The Morgan fingerprint density at radius 2 is 1.40 bits per heavy atom. The summed E-state index contributed by atoms with van der Waals surface area (Å²) < 4.78 is 37.9. The maximum absolute atomic E-state index is 12.6. The highest BCUT2D eigenvalue weighted by molar-refractivity contribution is 9.10. The molecule has 0 atom stereocenters. The number of halogens is 2. The average molecular weight is 552 g/mol. The van der Waals surface area contributed by atoms with E-state index in [0.29, 0.717) is 20.9 Å². The molecular formula is C23H20Br2O4S. The first-order chi connectivity index (χ1) is 14.4. The Kier molecular flexibility index (Phi) is 6.23. The minimum atomic E-state index is -3.49. The van der Waals surface area contributed by atoms with Gasteiger partial charge in [0.1, 0.15) is 11.5 Å². The zero-order chi connectivity index (χ0) is 21.3. The van der Waals surface area contributed by atoms with Crippen molar-refractivity contribution in [1.82, 2.24) is 0 Å². The third kappa shape index (κ3) is 4.29. The van der Waals surface area contributed by atoms with Crippen LogP contribution in [0.4, 0.5) is 0 Å². The molecule has 156 valence electrons. The number of rotatable bonds is 2. The van der Waals surface area contributed by atoms with Crippen LogP contribution in [-0.2, 0) is 22.7 Å². The molecule has 5 rings (SSSR count). The summed E-state index contributed by atoms with van der Waals surface area (Å²) in [6, 6.07) is 16.4. The van der Waals surface area contributed by atoms with Crippen molar-refractivity contribution in [3.8, 4) is 11.5 Å². The van der Waals surface area contributed by atoms with Crippen molar-refractivity contribution in [2.45, 2.75) is 29.6 Å². The Bertz CT molecular complexity index is 1190. The van der Waals surface area contributed by atoms with Crippen LogP contribution in [0.25, 0.3) is 0 Å². The van der Waals surface area contributed by atoms with Crippen LogP contribution in [0.2, 0.25) is 0 Å². The summed E-state index contributed by atoms with van der Waals surface area (Å²) >= 11 is 6.81. The number of benzene rings is 3. The molecule has 0 radical (unpaired) electrons. The molecule has 0 amide bonds. The van der Waals surface area contributed by atoms with E-state index in [1.54, 1.807) is 36.4 Å². The predicted octanol–water partition coefficient (Wildman–Crippen LogP) is 5.91. The van der Waals surface area contributed by atoms with Gasteiger partial charge in [-0.3, -0.25) is 0 Å². The molecule has 2 heterocycles. The van der Waals surface area contributed by atoms with E-state index in [9.17, 15) is 8.42 Å². The topological polar surface area (TPSA) is 52.6 Å². The number of aryl methyl sites for hydroxylation is 1. The monoisotopic (exact) mass is 550 g/mol. The quantitative estimate of drug-likeness (QED) is 0.397. The maximum Gasteiger partial charge on any atom is 0.206 e. The lowest BCUT2D eigenvalue weighted by atomic mass is 10.2. The molecule has 2 aliphatic heterocycles. The molecule has 3 aromatic carbocycles. The van der Waals surface area contributed by atoms with E-state index >= 15 is 0 Å². The highest BCUT2D eigenvalue weighted by Gasteiger charge is 2.23. The van der Waals surface area contributed by atoms with Crippen molar-refractivity contribution in [1.29, 1.82) is 0 Å². The van der Waals surface area contributed by atoms with Crippen LogP contribution >= 0.6 is 31.9 Å². The van der Waals surface area contributed by atoms with Gasteiger partial charge in [-0.25, -0.2) is 8.42 Å². The molecule has 0 aromatic heterocycles. The highest BCUT2D eigenvalue weighted by atomic mass is 79.9. The molecule has 0 fully saturated rings. The number of fused-ring (bicyclic) bond motifs is 2.